The topological polar surface area (TPSA) is 21.3 Å². The van der Waals surface area contributed by atoms with Gasteiger partial charge in [-0.2, -0.15) is 0 Å². The highest BCUT2D eigenvalue weighted by Crippen LogP contribution is 2.28. The van der Waals surface area contributed by atoms with Crippen molar-refractivity contribution in [1.82, 2.24) is 0 Å². The lowest BCUT2D eigenvalue weighted by molar-refractivity contribution is 0.412. The summed E-state index contributed by atoms with van der Waals surface area (Å²) in [6.45, 7) is 5.08. The molecule has 2 nitrogen and oxygen atoms in total. The maximum Gasteiger partial charge on any atom is 0.135 e. The Hall–Kier alpha value is -1.48. The Morgan fingerprint density at radius 3 is 2.58 bits per heavy atom. The van der Waals surface area contributed by atoms with E-state index in [1.54, 1.807) is 7.11 Å². The van der Waals surface area contributed by atoms with Gasteiger partial charge in [0.1, 0.15) is 5.75 Å². The van der Waals surface area contributed by atoms with Gasteiger partial charge >= 0.3 is 0 Å². The van der Waals surface area contributed by atoms with Crippen molar-refractivity contribution in [2.75, 3.05) is 12.4 Å². The Morgan fingerprint density at radius 2 is 1.89 bits per heavy atom. The van der Waals surface area contributed by atoms with Crippen LogP contribution in [0.1, 0.15) is 16.7 Å². The molecule has 0 fully saturated rings. The Kier molecular flexibility index (Phi) is 4.48. The van der Waals surface area contributed by atoms with Gasteiger partial charge in [0.15, 0.2) is 0 Å². The average Bonchev–Trinajstić information content (AvgIpc) is 2.39. The van der Waals surface area contributed by atoms with Gasteiger partial charge in [0, 0.05) is 18.3 Å². The van der Waals surface area contributed by atoms with Gasteiger partial charge < -0.3 is 10.1 Å². The fraction of sp³-hybridized carbons (Fsp3) is 0.250. The SMILES string of the molecule is COc1cc(NCc2ccc(C)cc2C)ccc1Br. The summed E-state index contributed by atoms with van der Waals surface area (Å²) in [5.41, 5.74) is 4.98. The molecule has 19 heavy (non-hydrogen) atoms. The molecule has 0 atom stereocenters. The van der Waals surface area contributed by atoms with E-state index in [1.807, 2.05) is 18.2 Å². The van der Waals surface area contributed by atoms with E-state index in [1.165, 1.54) is 16.7 Å². The van der Waals surface area contributed by atoms with Crippen LogP contribution in [-0.2, 0) is 6.54 Å². The molecule has 0 spiro atoms. The molecule has 0 aliphatic heterocycles. The van der Waals surface area contributed by atoms with Crippen molar-refractivity contribution in [3.8, 4) is 5.75 Å². The van der Waals surface area contributed by atoms with Crippen LogP contribution in [0.5, 0.6) is 5.75 Å². The molecule has 0 radical (unpaired) electrons. The van der Waals surface area contributed by atoms with Gasteiger partial charge in [-0.15, -0.1) is 0 Å². The van der Waals surface area contributed by atoms with E-state index < -0.39 is 0 Å². The molecule has 0 aromatic heterocycles. The highest BCUT2D eigenvalue weighted by atomic mass is 79.9. The normalized spacial score (nSPS) is 10.3. The first-order chi connectivity index (χ1) is 9.10. The molecule has 0 unspecified atom stereocenters. The van der Waals surface area contributed by atoms with Crippen molar-refractivity contribution in [1.29, 1.82) is 0 Å². The second-order valence-electron chi connectivity index (χ2n) is 4.63. The molecular weight excluding hydrogens is 302 g/mol. The lowest BCUT2D eigenvalue weighted by Gasteiger charge is -2.11. The van der Waals surface area contributed by atoms with Crippen LogP contribution in [-0.4, -0.2) is 7.11 Å². The highest BCUT2D eigenvalue weighted by Gasteiger charge is 2.02. The van der Waals surface area contributed by atoms with Gasteiger partial charge in [0.2, 0.25) is 0 Å². The summed E-state index contributed by atoms with van der Waals surface area (Å²) in [6.07, 6.45) is 0. The van der Waals surface area contributed by atoms with Crippen LogP contribution in [0.4, 0.5) is 5.69 Å². The summed E-state index contributed by atoms with van der Waals surface area (Å²) < 4.78 is 6.26. The molecule has 2 rings (SSSR count). The van der Waals surface area contributed by atoms with Crippen LogP contribution in [0.15, 0.2) is 40.9 Å². The summed E-state index contributed by atoms with van der Waals surface area (Å²) in [5, 5.41) is 3.42. The summed E-state index contributed by atoms with van der Waals surface area (Å²) in [6, 6.07) is 12.5. The van der Waals surface area contributed by atoms with Crippen LogP contribution >= 0.6 is 15.9 Å². The standard InChI is InChI=1S/C16H18BrNO/c1-11-4-5-13(12(2)8-11)10-18-14-6-7-15(17)16(9-14)19-3/h4-9,18H,10H2,1-3H3. The predicted molar refractivity (Wildman–Crippen MR) is 83.9 cm³/mol. The smallest absolute Gasteiger partial charge is 0.135 e. The molecule has 2 aromatic rings. The fourth-order valence-electron chi connectivity index (χ4n) is 2.01. The summed E-state index contributed by atoms with van der Waals surface area (Å²) in [7, 11) is 1.67. The monoisotopic (exact) mass is 319 g/mol. The molecule has 0 aliphatic rings. The molecule has 0 heterocycles. The molecule has 0 amide bonds. The molecule has 0 aliphatic carbocycles. The van der Waals surface area contributed by atoms with E-state index in [9.17, 15) is 0 Å². The maximum atomic E-state index is 5.29. The van der Waals surface area contributed by atoms with Crippen LogP contribution in [0, 0.1) is 13.8 Å². The predicted octanol–water partition coefficient (Wildman–Crippen LogP) is 4.69. The second-order valence-corrected chi connectivity index (χ2v) is 5.49. The fourth-order valence-corrected chi connectivity index (χ4v) is 2.42. The summed E-state index contributed by atoms with van der Waals surface area (Å²) >= 11 is 3.45. The number of aryl methyl sites for hydroxylation is 2. The molecule has 1 N–H and O–H groups in total. The molecular formula is C16H18BrNO. The zero-order valence-electron chi connectivity index (χ0n) is 11.5. The van der Waals surface area contributed by atoms with Crippen LogP contribution < -0.4 is 10.1 Å². The van der Waals surface area contributed by atoms with Gasteiger partial charge in [0.25, 0.3) is 0 Å². The first-order valence-electron chi connectivity index (χ1n) is 6.23. The molecule has 0 saturated carbocycles. The minimum absolute atomic E-state index is 0.816. The molecule has 100 valence electrons. The Bertz CT molecular complexity index is 581. The van der Waals surface area contributed by atoms with Crippen molar-refractivity contribution < 1.29 is 4.74 Å². The Morgan fingerprint density at radius 1 is 1.11 bits per heavy atom. The third-order valence-electron chi connectivity index (χ3n) is 3.13. The molecule has 2 aromatic carbocycles. The molecule has 0 bridgehead atoms. The Balaban J connectivity index is 2.10. The number of benzene rings is 2. The number of halogens is 1. The number of methoxy groups -OCH3 is 1. The third kappa shape index (κ3) is 3.51. The van der Waals surface area contributed by atoms with Gasteiger partial charge in [-0.05, 0) is 53.0 Å². The highest BCUT2D eigenvalue weighted by molar-refractivity contribution is 9.10. The van der Waals surface area contributed by atoms with Crippen molar-refractivity contribution in [3.63, 3.8) is 0 Å². The quantitative estimate of drug-likeness (QED) is 0.883. The minimum atomic E-state index is 0.816. The van der Waals surface area contributed by atoms with E-state index in [-0.39, 0.29) is 0 Å². The number of hydrogen-bond acceptors (Lipinski definition) is 2. The van der Waals surface area contributed by atoms with E-state index >= 15 is 0 Å². The van der Waals surface area contributed by atoms with Gasteiger partial charge in [-0.3, -0.25) is 0 Å². The third-order valence-corrected chi connectivity index (χ3v) is 3.79. The zero-order chi connectivity index (χ0) is 13.8. The molecule has 0 saturated heterocycles. The van der Waals surface area contributed by atoms with Gasteiger partial charge in [-0.1, -0.05) is 23.8 Å². The number of ether oxygens (including phenoxy) is 1. The van der Waals surface area contributed by atoms with Crippen LogP contribution in [0.2, 0.25) is 0 Å². The van der Waals surface area contributed by atoms with E-state index in [4.69, 9.17) is 4.74 Å². The number of nitrogens with one attached hydrogen (secondary N) is 1. The first-order valence-corrected chi connectivity index (χ1v) is 7.03. The van der Waals surface area contributed by atoms with E-state index in [0.29, 0.717) is 0 Å². The lowest BCUT2D eigenvalue weighted by Crippen LogP contribution is -2.01. The van der Waals surface area contributed by atoms with Crippen LogP contribution in [0.25, 0.3) is 0 Å². The van der Waals surface area contributed by atoms with E-state index in [0.717, 1.165) is 22.5 Å². The lowest BCUT2D eigenvalue weighted by atomic mass is 10.1. The largest absolute Gasteiger partial charge is 0.495 e. The van der Waals surface area contributed by atoms with Gasteiger partial charge in [0.05, 0.1) is 11.6 Å². The summed E-state index contributed by atoms with van der Waals surface area (Å²) in [4.78, 5) is 0. The van der Waals surface area contributed by atoms with Gasteiger partial charge in [-0.25, -0.2) is 0 Å². The van der Waals surface area contributed by atoms with Crippen molar-refractivity contribution in [3.05, 3.63) is 57.6 Å². The van der Waals surface area contributed by atoms with Crippen molar-refractivity contribution in [2.24, 2.45) is 0 Å². The Labute approximate surface area is 122 Å². The summed E-state index contributed by atoms with van der Waals surface area (Å²) in [5.74, 6) is 0.839. The average molecular weight is 320 g/mol. The number of hydrogen-bond donors (Lipinski definition) is 1. The zero-order valence-corrected chi connectivity index (χ0v) is 13.0. The first kappa shape index (κ1) is 13.9. The van der Waals surface area contributed by atoms with Crippen molar-refractivity contribution in [2.45, 2.75) is 20.4 Å². The second kappa shape index (κ2) is 6.11. The maximum absolute atomic E-state index is 5.29. The number of rotatable bonds is 4. The molecule has 3 heteroatoms. The van der Waals surface area contributed by atoms with E-state index in [2.05, 4.69) is 53.3 Å². The number of anilines is 1. The van der Waals surface area contributed by atoms with Crippen molar-refractivity contribution >= 4 is 21.6 Å². The van der Waals surface area contributed by atoms with Crippen LogP contribution in [0.3, 0.4) is 0 Å². The minimum Gasteiger partial charge on any atom is -0.495 e.